The van der Waals surface area contributed by atoms with Crippen LogP contribution in [-0.2, 0) is 0 Å². The lowest BCUT2D eigenvalue weighted by Crippen LogP contribution is -2.42. The summed E-state index contributed by atoms with van der Waals surface area (Å²) >= 11 is 2.19. The fourth-order valence-electron chi connectivity index (χ4n) is 2.45. The Morgan fingerprint density at radius 1 is 1.30 bits per heavy atom. The topological polar surface area (TPSA) is 12.5 Å². The molecule has 1 aliphatic rings. The van der Waals surface area contributed by atoms with Gasteiger partial charge in [-0.3, -0.25) is 4.90 Å². The molecule has 0 amide bonds. The van der Waals surface area contributed by atoms with E-state index in [4.69, 9.17) is 4.74 Å². The number of nitrogens with zero attached hydrogens (tertiary/aromatic N) is 1. The van der Waals surface area contributed by atoms with Gasteiger partial charge in [-0.05, 0) is 54.1 Å². The van der Waals surface area contributed by atoms with Crippen LogP contribution in [0.5, 0.6) is 5.75 Å². The first kappa shape index (κ1) is 15.9. The number of hydrogen-bond acceptors (Lipinski definition) is 2. The van der Waals surface area contributed by atoms with Gasteiger partial charge in [-0.1, -0.05) is 12.1 Å². The second-order valence-electron chi connectivity index (χ2n) is 5.10. The number of alkyl halides is 3. The molecule has 2 nitrogen and oxygen atoms in total. The third kappa shape index (κ3) is 5.12. The molecular formula is C14H17F3INO. The Balaban J connectivity index is 1.83. The van der Waals surface area contributed by atoms with Gasteiger partial charge in [0.2, 0.25) is 0 Å². The van der Waals surface area contributed by atoms with Crippen LogP contribution in [0.3, 0.4) is 0 Å². The predicted octanol–water partition coefficient (Wildman–Crippen LogP) is 3.94. The van der Waals surface area contributed by atoms with E-state index in [1.807, 2.05) is 24.3 Å². The van der Waals surface area contributed by atoms with Crippen LogP contribution in [0.25, 0.3) is 0 Å². The summed E-state index contributed by atoms with van der Waals surface area (Å²) in [5, 5.41) is 0. The number of rotatable bonds is 4. The van der Waals surface area contributed by atoms with Crippen LogP contribution in [-0.4, -0.2) is 37.3 Å². The molecule has 6 heteroatoms. The minimum atomic E-state index is -4.11. The molecule has 1 heterocycles. The number of para-hydroxylation sites is 1. The van der Waals surface area contributed by atoms with Crippen molar-refractivity contribution in [3.8, 4) is 5.75 Å². The third-order valence-electron chi connectivity index (χ3n) is 3.32. The zero-order valence-electron chi connectivity index (χ0n) is 11.0. The molecule has 1 aromatic carbocycles. The van der Waals surface area contributed by atoms with E-state index in [2.05, 4.69) is 22.6 Å². The Labute approximate surface area is 130 Å². The molecule has 2 rings (SSSR count). The Kier molecular flexibility index (Phi) is 5.54. The molecule has 1 aliphatic heterocycles. The van der Waals surface area contributed by atoms with E-state index in [9.17, 15) is 13.2 Å². The van der Waals surface area contributed by atoms with Crippen LogP contribution in [0.15, 0.2) is 24.3 Å². The predicted molar refractivity (Wildman–Crippen MR) is 79.9 cm³/mol. The number of benzene rings is 1. The van der Waals surface area contributed by atoms with E-state index in [0.29, 0.717) is 19.7 Å². The van der Waals surface area contributed by atoms with Crippen molar-refractivity contribution in [2.45, 2.75) is 19.0 Å². The third-order valence-corrected chi connectivity index (χ3v) is 4.21. The highest BCUT2D eigenvalue weighted by Crippen LogP contribution is 2.24. The van der Waals surface area contributed by atoms with Crippen LogP contribution in [0, 0.1) is 9.49 Å². The zero-order valence-corrected chi connectivity index (χ0v) is 13.2. The van der Waals surface area contributed by atoms with Gasteiger partial charge in [0.05, 0.1) is 16.7 Å². The number of piperidine rings is 1. The highest BCUT2D eigenvalue weighted by molar-refractivity contribution is 14.1. The van der Waals surface area contributed by atoms with Gasteiger partial charge in [0.15, 0.2) is 0 Å². The molecule has 1 aromatic rings. The quantitative estimate of drug-likeness (QED) is 0.712. The monoisotopic (exact) mass is 399 g/mol. The van der Waals surface area contributed by atoms with E-state index in [-0.39, 0.29) is 5.92 Å². The highest BCUT2D eigenvalue weighted by Gasteiger charge is 2.33. The molecule has 0 radical (unpaired) electrons. The molecule has 20 heavy (non-hydrogen) atoms. The number of hydrogen-bond donors (Lipinski definition) is 0. The molecule has 1 atom stereocenters. The van der Waals surface area contributed by atoms with Crippen LogP contribution in [0.1, 0.15) is 12.8 Å². The minimum absolute atomic E-state index is 0.169. The Morgan fingerprint density at radius 2 is 2.05 bits per heavy atom. The van der Waals surface area contributed by atoms with Gasteiger partial charge in [0.1, 0.15) is 5.75 Å². The molecule has 0 aromatic heterocycles. The summed E-state index contributed by atoms with van der Waals surface area (Å²) in [5.74, 6) is 0.975. The number of ether oxygens (including phenoxy) is 1. The van der Waals surface area contributed by atoms with Crippen molar-refractivity contribution in [3.05, 3.63) is 27.8 Å². The smallest absolute Gasteiger partial charge is 0.401 e. The standard InChI is InChI=1S/C14H17F3INO/c15-14(16,17)10-19-7-3-4-11(8-19)9-20-13-6-2-1-5-12(13)18/h1-2,5-6,11H,3-4,7-10H2. The van der Waals surface area contributed by atoms with Gasteiger partial charge in [0, 0.05) is 12.5 Å². The van der Waals surface area contributed by atoms with Crippen molar-refractivity contribution in [3.63, 3.8) is 0 Å². The van der Waals surface area contributed by atoms with Crippen molar-refractivity contribution >= 4 is 22.6 Å². The van der Waals surface area contributed by atoms with Crippen molar-refractivity contribution < 1.29 is 17.9 Å². The van der Waals surface area contributed by atoms with Crippen LogP contribution in [0.4, 0.5) is 13.2 Å². The molecule has 0 N–H and O–H groups in total. The summed E-state index contributed by atoms with van der Waals surface area (Å²) in [5.41, 5.74) is 0. The fraction of sp³-hybridized carbons (Fsp3) is 0.571. The first-order valence-electron chi connectivity index (χ1n) is 6.60. The lowest BCUT2D eigenvalue weighted by Gasteiger charge is -2.33. The van der Waals surface area contributed by atoms with E-state index in [1.54, 1.807) is 0 Å². The van der Waals surface area contributed by atoms with Crippen molar-refractivity contribution in [1.29, 1.82) is 0 Å². The van der Waals surface area contributed by atoms with Gasteiger partial charge >= 0.3 is 6.18 Å². The Bertz CT molecular complexity index is 439. The summed E-state index contributed by atoms with van der Waals surface area (Å²) in [6, 6.07) is 7.67. The van der Waals surface area contributed by atoms with Crippen molar-refractivity contribution in [2.75, 3.05) is 26.2 Å². The van der Waals surface area contributed by atoms with Crippen LogP contribution >= 0.6 is 22.6 Å². The van der Waals surface area contributed by atoms with Gasteiger partial charge in [-0.2, -0.15) is 13.2 Å². The lowest BCUT2D eigenvalue weighted by molar-refractivity contribution is -0.149. The van der Waals surface area contributed by atoms with Gasteiger partial charge in [-0.25, -0.2) is 0 Å². The fourth-order valence-corrected chi connectivity index (χ4v) is 3.00. The Hall–Kier alpha value is -0.500. The van der Waals surface area contributed by atoms with E-state index in [1.165, 1.54) is 4.90 Å². The maximum Gasteiger partial charge on any atom is 0.401 e. The second kappa shape index (κ2) is 6.98. The summed E-state index contributed by atoms with van der Waals surface area (Å²) in [6.07, 6.45) is -2.38. The maximum atomic E-state index is 12.4. The zero-order chi connectivity index (χ0) is 14.6. The SMILES string of the molecule is FC(F)(F)CN1CCCC(COc2ccccc2I)C1. The molecule has 0 aliphatic carbocycles. The normalized spacial score (nSPS) is 20.9. The van der Waals surface area contributed by atoms with Gasteiger partial charge in [-0.15, -0.1) is 0 Å². The molecule has 0 bridgehead atoms. The van der Waals surface area contributed by atoms with E-state index in [0.717, 1.165) is 22.2 Å². The summed E-state index contributed by atoms with van der Waals surface area (Å²) in [6.45, 7) is 0.655. The number of halogens is 4. The first-order chi connectivity index (χ1) is 9.44. The van der Waals surface area contributed by atoms with Gasteiger partial charge in [0.25, 0.3) is 0 Å². The van der Waals surface area contributed by atoms with Crippen LogP contribution < -0.4 is 4.74 Å². The molecule has 1 saturated heterocycles. The molecule has 0 saturated carbocycles. The molecule has 1 unspecified atom stereocenters. The summed E-state index contributed by atoms with van der Waals surface area (Å²) in [7, 11) is 0. The summed E-state index contributed by atoms with van der Waals surface area (Å²) in [4.78, 5) is 1.48. The maximum absolute atomic E-state index is 12.4. The second-order valence-corrected chi connectivity index (χ2v) is 6.26. The van der Waals surface area contributed by atoms with E-state index < -0.39 is 12.7 Å². The summed E-state index contributed by atoms with van der Waals surface area (Å²) < 4.78 is 44.0. The number of likely N-dealkylation sites (tertiary alicyclic amines) is 1. The van der Waals surface area contributed by atoms with Gasteiger partial charge < -0.3 is 4.74 Å². The first-order valence-corrected chi connectivity index (χ1v) is 7.68. The van der Waals surface area contributed by atoms with E-state index >= 15 is 0 Å². The van der Waals surface area contributed by atoms with Crippen molar-refractivity contribution in [1.82, 2.24) is 4.90 Å². The molecule has 112 valence electrons. The highest BCUT2D eigenvalue weighted by atomic mass is 127. The average Bonchev–Trinajstić information content (AvgIpc) is 2.36. The molecular weight excluding hydrogens is 382 g/mol. The molecule has 1 fully saturated rings. The lowest BCUT2D eigenvalue weighted by atomic mass is 9.99. The minimum Gasteiger partial charge on any atom is -0.492 e. The largest absolute Gasteiger partial charge is 0.492 e. The van der Waals surface area contributed by atoms with Crippen LogP contribution in [0.2, 0.25) is 0 Å². The molecule has 0 spiro atoms. The Morgan fingerprint density at radius 3 is 2.75 bits per heavy atom. The average molecular weight is 399 g/mol. The van der Waals surface area contributed by atoms with Crippen molar-refractivity contribution in [2.24, 2.45) is 5.92 Å².